The quantitative estimate of drug-likeness (QED) is 0.449. The first-order valence-corrected chi connectivity index (χ1v) is 9.39. The van der Waals surface area contributed by atoms with Gasteiger partial charge in [0.05, 0.1) is 9.80 Å². The number of rotatable bonds is 6. The molecule has 0 spiro atoms. The molecule has 1 atom stereocenters. The van der Waals surface area contributed by atoms with Crippen LogP contribution in [0.2, 0.25) is 0 Å². The Morgan fingerprint density at radius 3 is 2.75 bits per heavy atom. The van der Waals surface area contributed by atoms with Crippen LogP contribution in [-0.2, 0) is 14.3 Å². The zero-order valence-electron chi connectivity index (χ0n) is 14.7. The van der Waals surface area contributed by atoms with Crippen LogP contribution < -0.4 is 5.32 Å². The Kier molecular flexibility index (Phi) is 5.99. The van der Waals surface area contributed by atoms with Crippen LogP contribution in [0.25, 0.3) is 0 Å². The van der Waals surface area contributed by atoms with Gasteiger partial charge in [0.15, 0.2) is 6.61 Å². The topological polar surface area (TPSA) is 119 Å². The summed E-state index contributed by atoms with van der Waals surface area (Å²) in [5.74, 6) is -1.60. The molecule has 3 rings (SSSR count). The molecule has 2 amide bonds. The van der Waals surface area contributed by atoms with Crippen molar-refractivity contribution in [2.75, 3.05) is 18.5 Å². The molecule has 0 radical (unpaired) electrons. The number of nitrogens with one attached hydrogen (secondary N) is 1. The van der Waals surface area contributed by atoms with Crippen LogP contribution in [0.1, 0.15) is 22.5 Å². The zero-order chi connectivity index (χ0) is 20.1. The standard InChI is InChI=1S/C18H17N3O6S/c22-16(19-12-5-1-2-6-13(12)21(25)26)11-27-18(24)14-7-3-9-20(14)17(23)15-8-4-10-28-15/h1-2,4-6,8,10,14H,3,7,9,11H2,(H,19,22)/t14-/m0/s1. The molecule has 1 aliphatic heterocycles. The molecule has 0 aliphatic carbocycles. The van der Waals surface area contributed by atoms with E-state index >= 15 is 0 Å². The van der Waals surface area contributed by atoms with E-state index in [0.717, 1.165) is 0 Å². The third kappa shape index (κ3) is 4.34. The number of anilines is 1. The number of esters is 1. The molecule has 146 valence electrons. The Balaban J connectivity index is 1.57. The van der Waals surface area contributed by atoms with Crippen molar-refractivity contribution in [3.05, 3.63) is 56.8 Å². The van der Waals surface area contributed by atoms with Gasteiger partial charge in [-0.2, -0.15) is 0 Å². The summed E-state index contributed by atoms with van der Waals surface area (Å²) in [5.41, 5.74) is -0.241. The third-order valence-electron chi connectivity index (χ3n) is 4.24. The molecule has 1 aromatic heterocycles. The molecule has 1 saturated heterocycles. The number of amides is 2. The Morgan fingerprint density at radius 1 is 1.25 bits per heavy atom. The van der Waals surface area contributed by atoms with Gasteiger partial charge in [0, 0.05) is 12.6 Å². The van der Waals surface area contributed by atoms with Crippen molar-refractivity contribution in [3.63, 3.8) is 0 Å². The third-order valence-corrected chi connectivity index (χ3v) is 5.10. The summed E-state index contributed by atoms with van der Waals surface area (Å²) in [6, 6.07) is 8.37. The van der Waals surface area contributed by atoms with Gasteiger partial charge in [-0.05, 0) is 30.4 Å². The Hall–Kier alpha value is -3.27. The maximum absolute atomic E-state index is 12.5. The Morgan fingerprint density at radius 2 is 2.04 bits per heavy atom. The van der Waals surface area contributed by atoms with Gasteiger partial charge in [-0.1, -0.05) is 18.2 Å². The predicted octanol–water partition coefficient (Wildman–Crippen LogP) is 2.44. The predicted molar refractivity (Wildman–Crippen MR) is 101 cm³/mol. The van der Waals surface area contributed by atoms with Gasteiger partial charge in [-0.3, -0.25) is 19.7 Å². The lowest BCUT2D eigenvalue weighted by atomic mass is 10.2. The highest BCUT2D eigenvalue weighted by molar-refractivity contribution is 7.12. The summed E-state index contributed by atoms with van der Waals surface area (Å²) in [6.07, 6.45) is 1.13. The van der Waals surface area contributed by atoms with Crippen molar-refractivity contribution in [2.24, 2.45) is 0 Å². The Labute approximate surface area is 164 Å². The minimum absolute atomic E-state index is 0.0175. The van der Waals surface area contributed by atoms with Gasteiger partial charge in [-0.15, -0.1) is 11.3 Å². The van der Waals surface area contributed by atoms with Crippen LogP contribution in [0.15, 0.2) is 41.8 Å². The lowest BCUT2D eigenvalue weighted by Gasteiger charge is -2.22. The number of likely N-dealkylation sites (tertiary alicyclic amines) is 1. The summed E-state index contributed by atoms with van der Waals surface area (Å²) in [7, 11) is 0. The molecule has 0 unspecified atom stereocenters. The molecule has 0 saturated carbocycles. The number of nitro groups is 1. The van der Waals surface area contributed by atoms with Gasteiger partial charge in [0.1, 0.15) is 11.7 Å². The van der Waals surface area contributed by atoms with Crippen molar-refractivity contribution < 1.29 is 24.0 Å². The molecule has 28 heavy (non-hydrogen) atoms. The molecule has 10 heteroatoms. The van der Waals surface area contributed by atoms with Gasteiger partial charge >= 0.3 is 5.97 Å². The molecule has 0 bridgehead atoms. The molecular formula is C18H17N3O6S. The lowest BCUT2D eigenvalue weighted by Crippen LogP contribution is -2.41. The molecule has 1 aliphatic rings. The second-order valence-electron chi connectivity index (χ2n) is 6.06. The minimum Gasteiger partial charge on any atom is -0.454 e. The highest BCUT2D eigenvalue weighted by atomic mass is 32.1. The summed E-state index contributed by atoms with van der Waals surface area (Å²) in [4.78, 5) is 49.2. The number of thiophene rings is 1. The van der Waals surface area contributed by atoms with E-state index < -0.39 is 29.4 Å². The van der Waals surface area contributed by atoms with E-state index in [4.69, 9.17) is 4.74 Å². The van der Waals surface area contributed by atoms with E-state index in [2.05, 4.69) is 5.32 Å². The van der Waals surface area contributed by atoms with Crippen LogP contribution >= 0.6 is 11.3 Å². The molecule has 1 fully saturated rings. The second kappa shape index (κ2) is 8.61. The van der Waals surface area contributed by atoms with E-state index in [1.807, 2.05) is 0 Å². The van der Waals surface area contributed by atoms with Crippen molar-refractivity contribution in [1.82, 2.24) is 4.90 Å². The van der Waals surface area contributed by atoms with Gasteiger partial charge in [-0.25, -0.2) is 4.79 Å². The smallest absolute Gasteiger partial charge is 0.329 e. The molecule has 2 aromatic rings. The average molecular weight is 403 g/mol. The number of hydrogen-bond donors (Lipinski definition) is 1. The summed E-state index contributed by atoms with van der Waals surface area (Å²) in [6.45, 7) is -0.151. The van der Waals surface area contributed by atoms with Crippen LogP contribution in [0.3, 0.4) is 0 Å². The highest BCUT2D eigenvalue weighted by Crippen LogP contribution is 2.24. The number of hydrogen-bond acceptors (Lipinski definition) is 7. The van der Waals surface area contributed by atoms with E-state index in [1.165, 1.54) is 34.4 Å². The maximum atomic E-state index is 12.5. The first-order valence-electron chi connectivity index (χ1n) is 8.51. The molecule has 9 nitrogen and oxygen atoms in total. The van der Waals surface area contributed by atoms with Crippen molar-refractivity contribution in [2.45, 2.75) is 18.9 Å². The van der Waals surface area contributed by atoms with Gasteiger partial charge in [0.2, 0.25) is 0 Å². The van der Waals surface area contributed by atoms with Crippen molar-refractivity contribution >= 4 is 40.5 Å². The first kappa shape index (κ1) is 19.5. The normalized spacial score (nSPS) is 15.9. The fourth-order valence-corrected chi connectivity index (χ4v) is 3.63. The minimum atomic E-state index is -0.742. The monoisotopic (exact) mass is 403 g/mol. The SMILES string of the molecule is O=C(COC(=O)[C@@H]1CCCN1C(=O)c1cccs1)Nc1ccccc1[N+](=O)[O-]. The van der Waals surface area contributed by atoms with Crippen molar-refractivity contribution in [3.8, 4) is 0 Å². The summed E-state index contributed by atoms with van der Waals surface area (Å²) in [5, 5.41) is 15.1. The van der Waals surface area contributed by atoms with E-state index in [1.54, 1.807) is 23.6 Å². The fourth-order valence-electron chi connectivity index (χ4n) is 2.95. The zero-order valence-corrected chi connectivity index (χ0v) is 15.5. The van der Waals surface area contributed by atoms with Crippen LogP contribution in [0.4, 0.5) is 11.4 Å². The van der Waals surface area contributed by atoms with Gasteiger partial charge in [0.25, 0.3) is 17.5 Å². The number of carbonyl (C=O) groups is 3. The van der Waals surface area contributed by atoms with E-state index in [-0.39, 0.29) is 17.3 Å². The average Bonchev–Trinajstić information content (AvgIpc) is 3.37. The van der Waals surface area contributed by atoms with E-state index in [0.29, 0.717) is 24.3 Å². The number of nitrogens with zero attached hydrogens (tertiary/aromatic N) is 2. The van der Waals surface area contributed by atoms with Crippen LogP contribution in [0, 0.1) is 10.1 Å². The fraction of sp³-hybridized carbons (Fsp3) is 0.278. The largest absolute Gasteiger partial charge is 0.454 e. The highest BCUT2D eigenvalue weighted by Gasteiger charge is 2.36. The number of para-hydroxylation sites is 2. The number of carbonyl (C=O) groups excluding carboxylic acids is 3. The number of ether oxygens (including phenoxy) is 1. The van der Waals surface area contributed by atoms with Crippen LogP contribution in [-0.4, -0.2) is 46.8 Å². The van der Waals surface area contributed by atoms with Crippen molar-refractivity contribution in [1.29, 1.82) is 0 Å². The summed E-state index contributed by atoms with van der Waals surface area (Å²) < 4.78 is 5.05. The number of benzene rings is 1. The molecule has 1 N–H and O–H groups in total. The van der Waals surface area contributed by atoms with Gasteiger partial charge < -0.3 is 15.0 Å². The van der Waals surface area contributed by atoms with Crippen LogP contribution in [0.5, 0.6) is 0 Å². The molecule has 1 aromatic carbocycles. The number of nitro benzene ring substituents is 1. The maximum Gasteiger partial charge on any atom is 0.329 e. The Bertz CT molecular complexity index is 898. The lowest BCUT2D eigenvalue weighted by molar-refractivity contribution is -0.383. The first-order chi connectivity index (χ1) is 13.5. The van der Waals surface area contributed by atoms with E-state index in [9.17, 15) is 24.5 Å². The second-order valence-corrected chi connectivity index (χ2v) is 7.01. The molecular weight excluding hydrogens is 386 g/mol. The summed E-state index contributed by atoms with van der Waals surface area (Å²) >= 11 is 1.29. The molecule has 2 heterocycles.